The first-order chi connectivity index (χ1) is 8.89. The monoisotopic (exact) mass is 327 g/mol. The van der Waals surface area contributed by atoms with Gasteiger partial charge in [-0.3, -0.25) is 14.9 Å². The van der Waals surface area contributed by atoms with Gasteiger partial charge in [-0.15, -0.1) is 0 Å². The first-order valence-corrected chi connectivity index (χ1v) is 6.72. The van der Waals surface area contributed by atoms with Crippen LogP contribution < -0.4 is 0 Å². The zero-order valence-electron chi connectivity index (χ0n) is 10.7. The van der Waals surface area contributed by atoms with E-state index < -0.39 is 10.3 Å². The van der Waals surface area contributed by atoms with Gasteiger partial charge in [0, 0.05) is 16.6 Å². The van der Waals surface area contributed by atoms with Crippen molar-refractivity contribution in [3.63, 3.8) is 0 Å². The molecule has 0 spiro atoms. The maximum absolute atomic E-state index is 12.0. The van der Waals surface area contributed by atoms with Crippen molar-refractivity contribution in [2.24, 2.45) is 5.92 Å². The number of ether oxygens (including phenoxy) is 1. The summed E-state index contributed by atoms with van der Waals surface area (Å²) in [5, 5.41) is 10.9. The van der Waals surface area contributed by atoms with Crippen LogP contribution in [0.2, 0.25) is 0 Å². The summed E-state index contributed by atoms with van der Waals surface area (Å²) in [7, 11) is 1.35. The second-order valence-electron chi connectivity index (χ2n) is 5.04. The van der Waals surface area contributed by atoms with Gasteiger partial charge in [0.2, 0.25) is 0 Å². The van der Waals surface area contributed by atoms with Crippen molar-refractivity contribution in [1.82, 2.24) is 0 Å². The molecule has 0 saturated heterocycles. The molecule has 1 aliphatic rings. The summed E-state index contributed by atoms with van der Waals surface area (Å²) in [6.45, 7) is 2.05. The van der Waals surface area contributed by atoms with E-state index in [9.17, 15) is 14.9 Å². The van der Waals surface area contributed by atoms with Crippen LogP contribution in [0.15, 0.2) is 22.7 Å². The average Bonchev–Trinajstić information content (AvgIpc) is 2.32. The van der Waals surface area contributed by atoms with Gasteiger partial charge in [-0.05, 0) is 30.4 Å². The number of rotatable bonds is 3. The van der Waals surface area contributed by atoms with Crippen molar-refractivity contribution < 1.29 is 14.5 Å². The molecule has 1 aromatic carbocycles. The predicted molar refractivity (Wildman–Crippen MR) is 72.9 cm³/mol. The molecule has 0 N–H and O–H groups in total. The lowest BCUT2D eigenvalue weighted by Crippen LogP contribution is -2.47. The number of methoxy groups -OCH3 is 1. The van der Waals surface area contributed by atoms with Crippen molar-refractivity contribution in [1.29, 1.82) is 0 Å². The zero-order chi connectivity index (χ0) is 14.2. The van der Waals surface area contributed by atoms with Gasteiger partial charge in [-0.1, -0.05) is 22.9 Å². The molecule has 0 unspecified atom stereocenters. The van der Waals surface area contributed by atoms with Crippen molar-refractivity contribution >= 4 is 27.6 Å². The number of nitro groups is 1. The lowest BCUT2D eigenvalue weighted by Gasteiger charge is -2.44. The highest BCUT2D eigenvalue weighted by Gasteiger charge is 2.51. The zero-order valence-corrected chi connectivity index (χ0v) is 12.3. The maximum Gasteiger partial charge on any atom is 0.316 e. The van der Waals surface area contributed by atoms with Crippen LogP contribution in [-0.2, 0) is 14.9 Å². The molecule has 0 atom stereocenters. The molecule has 0 radical (unpaired) electrons. The lowest BCUT2D eigenvalue weighted by atomic mass is 9.59. The van der Waals surface area contributed by atoms with Crippen LogP contribution in [0.5, 0.6) is 0 Å². The fraction of sp³-hybridized carbons (Fsp3) is 0.462. The molecule has 5 nitrogen and oxygen atoms in total. The van der Waals surface area contributed by atoms with E-state index in [1.165, 1.54) is 19.2 Å². The number of carbonyl (C=O) groups excluding carboxylic acids is 1. The molecule has 102 valence electrons. The standard InChI is InChI=1S/C13H14BrNO4/c1-8-6-13(7-8,12(16)19-2)9-3-10(14)5-11(4-9)15(17)18/h3-5,8H,6-7H2,1-2H3. The van der Waals surface area contributed by atoms with E-state index in [4.69, 9.17) is 4.74 Å². The first kappa shape index (κ1) is 14.0. The van der Waals surface area contributed by atoms with Crippen LogP contribution in [0.4, 0.5) is 5.69 Å². The summed E-state index contributed by atoms with van der Waals surface area (Å²) < 4.78 is 5.47. The summed E-state index contributed by atoms with van der Waals surface area (Å²) in [6, 6.07) is 4.65. The molecule has 6 heteroatoms. The number of halogens is 1. The third-order valence-electron chi connectivity index (χ3n) is 3.62. The van der Waals surface area contributed by atoms with E-state index in [1.807, 2.05) is 6.92 Å². The highest BCUT2D eigenvalue weighted by atomic mass is 79.9. The fourth-order valence-corrected chi connectivity index (χ4v) is 3.28. The minimum Gasteiger partial charge on any atom is -0.468 e. The van der Waals surface area contributed by atoms with E-state index >= 15 is 0 Å². The Kier molecular flexibility index (Phi) is 3.62. The van der Waals surface area contributed by atoms with Gasteiger partial charge < -0.3 is 4.74 Å². The van der Waals surface area contributed by atoms with E-state index in [2.05, 4.69) is 15.9 Å². The van der Waals surface area contributed by atoms with E-state index in [0.29, 0.717) is 28.8 Å². The minimum atomic E-state index is -0.733. The molecule has 0 aromatic heterocycles. The Morgan fingerprint density at radius 3 is 2.58 bits per heavy atom. The van der Waals surface area contributed by atoms with Gasteiger partial charge in [-0.25, -0.2) is 0 Å². The number of esters is 1. The molecule has 0 heterocycles. The Morgan fingerprint density at radius 2 is 2.11 bits per heavy atom. The smallest absolute Gasteiger partial charge is 0.316 e. The third kappa shape index (κ3) is 2.36. The molecule has 1 aliphatic carbocycles. The normalized spacial score (nSPS) is 25.5. The van der Waals surface area contributed by atoms with Crippen molar-refractivity contribution in [2.45, 2.75) is 25.2 Å². The Labute approximate surface area is 119 Å². The quantitative estimate of drug-likeness (QED) is 0.485. The summed E-state index contributed by atoms with van der Waals surface area (Å²) in [5.41, 5.74) is -0.103. The van der Waals surface area contributed by atoms with Crippen LogP contribution in [0, 0.1) is 16.0 Å². The van der Waals surface area contributed by atoms with Crippen LogP contribution in [0.1, 0.15) is 25.3 Å². The molecule has 0 aliphatic heterocycles. The summed E-state index contributed by atoms with van der Waals surface area (Å²) in [6.07, 6.45) is 1.32. The number of nitro benzene ring substituents is 1. The SMILES string of the molecule is COC(=O)C1(c2cc(Br)cc([N+](=O)[O-])c2)CC(C)C1. The van der Waals surface area contributed by atoms with E-state index in [1.54, 1.807) is 6.07 Å². The number of benzene rings is 1. The Balaban J connectivity index is 2.49. The highest BCUT2D eigenvalue weighted by molar-refractivity contribution is 9.10. The number of nitrogens with zero attached hydrogens (tertiary/aromatic N) is 1. The maximum atomic E-state index is 12.0. The van der Waals surface area contributed by atoms with E-state index in [0.717, 1.165) is 0 Å². The van der Waals surface area contributed by atoms with Crippen molar-refractivity contribution in [3.8, 4) is 0 Å². The molecule has 1 saturated carbocycles. The summed E-state index contributed by atoms with van der Waals surface area (Å²) in [4.78, 5) is 22.5. The highest BCUT2D eigenvalue weighted by Crippen LogP contribution is 2.49. The first-order valence-electron chi connectivity index (χ1n) is 5.93. The number of hydrogen-bond acceptors (Lipinski definition) is 4. The number of non-ortho nitro benzene ring substituents is 1. The molecule has 2 rings (SSSR count). The van der Waals surface area contributed by atoms with Gasteiger partial charge in [0.1, 0.15) is 0 Å². The molecular formula is C13H14BrNO4. The summed E-state index contributed by atoms with van der Waals surface area (Å²) in [5.74, 6) is 0.0927. The van der Waals surface area contributed by atoms with Gasteiger partial charge in [0.15, 0.2) is 0 Å². The second kappa shape index (κ2) is 4.92. The third-order valence-corrected chi connectivity index (χ3v) is 4.07. The predicted octanol–water partition coefficient (Wildman–Crippen LogP) is 3.20. The lowest BCUT2D eigenvalue weighted by molar-refractivity contribution is -0.385. The Morgan fingerprint density at radius 1 is 1.47 bits per heavy atom. The molecule has 0 bridgehead atoms. The summed E-state index contributed by atoms with van der Waals surface area (Å²) >= 11 is 3.26. The second-order valence-corrected chi connectivity index (χ2v) is 5.96. The Bertz CT molecular complexity index is 537. The number of carbonyl (C=O) groups is 1. The molecule has 1 fully saturated rings. The molecule has 1 aromatic rings. The van der Waals surface area contributed by atoms with Crippen molar-refractivity contribution in [2.75, 3.05) is 7.11 Å². The topological polar surface area (TPSA) is 69.4 Å². The van der Waals surface area contributed by atoms with Crippen molar-refractivity contribution in [3.05, 3.63) is 38.3 Å². The van der Waals surface area contributed by atoms with Crippen LogP contribution in [-0.4, -0.2) is 18.0 Å². The van der Waals surface area contributed by atoms with Crippen LogP contribution >= 0.6 is 15.9 Å². The average molecular weight is 328 g/mol. The Hall–Kier alpha value is -1.43. The van der Waals surface area contributed by atoms with Gasteiger partial charge >= 0.3 is 5.97 Å². The van der Waals surface area contributed by atoms with Crippen LogP contribution in [0.25, 0.3) is 0 Å². The van der Waals surface area contributed by atoms with Gasteiger partial charge in [0.05, 0.1) is 17.4 Å². The minimum absolute atomic E-state index is 0.0211. The molecule has 19 heavy (non-hydrogen) atoms. The molecular weight excluding hydrogens is 314 g/mol. The van der Waals surface area contributed by atoms with Gasteiger partial charge in [0.25, 0.3) is 5.69 Å². The largest absolute Gasteiger partial charge is 0.468 e. The van der Waals surface area contributed by atoms with E-state index in [-0.39, 0.29) is 11.7 Å². The number of hydrogen-bond donors (Lipinski definition) is 0. The fourth-order valence-electron chi connectivity index (χ4n) is 2.80. The molecule has 0 amide bonds. The van der Waals surface area contributed by atoms with Gasteiger partial charge in [-0.2, -0.15) is 0 Å². The van der Waals surface area contributed by atoms with Crippen LogP contribution in [0.3, 0.4) is 0 Å².